The minimum atomic E-state index is -0.450. The molecule has 0 aliphatic heterocycles. The molecule has 2 saturated carbocycles. The highest BCUT2D eigenvalue weighted by molar-refractivity contribution is 5.91. The second kappa shape index (κ2) is 6.17. The Bertz CT molecular complexity index is 504. The number of halogens is 1. The lowest BCUT2D eigenvalue weighted by atomic mass is 9.87. The maximum Gasteiger partial charge on any atom is 0.230 e. The Morgan fingerprint density at radius 2 is 2.00 bits per heavy atom. The summed E-state index contributed by atoms with van der Waals surface area (Å²) in [6.45, 7) is 0.764. The van der Waals surface area contributed by atoms with E-state index in [0.717, 1.165) is 37.3 Å². The zero-order chi connectivity index (χ0) is 14.7. The highest BCUT2D eigenvalue weighted by Crippen LogP contribution is 2.48. The van der Waals surface area contributed by atoms with Crippen LogP contribution in [0.2, 0.25) is 0 Å². The molecule has 1 aromatic rings. The molecule has 0 aromatic heterocycles. The van der Waals surface area contributed by atoms with E-state index >= 15 is 0 Å². The molecular formula is C18H24FNO. The standard InChI is InChI=1S/C18H24FNO/c19-16-8-4-7-15(13-16)18(10-11-18)17(21)20-12-9-14-5-2-1-3-6-14/h4,7-8,13-14H,1-3,5-6,9-12H2,(H,20,21). The maximum atomic E-state index is 13.4. The zero-order valence-corrected chi connectivity index (χ0v) is 12.5. The Kier molecular flexibility index (Phi) is 4.27. The summed E-state index contributed by atoms with van der Waals surface area (Å²) in [5, 5.41) is 3.09. The smallest absolute Gasteiger partial charge is 0.230 e. The summed E-state index contributed by atoms with van der Waals surface area (Å²) in [6.07, 6.45) is 9.43. The fourth-order valence-corrected chi connectivity index (χ4v) is 3.59. The van der Waals surface area contributed by atoms with Crippen molar-refractivity contribution in [2.75, 3.05) is 6.54 Å². The van der Waals surface area contributed by atoms with E-state index in [1.165, 1.54) is 44.2 Å². The van der Waals surface area contributed by atoms with Crippen molar-refractivity contribution in [1.29, 1.82) is 0 Å². The van der Waals surface area contributed by atoms with Crippen molar-refractivity contribution < 1.29 is 9.18 Å². The summed E-state index contributed by atoms with van der Waals surface area (Å²) >= 11 is 0. The van der Waals surface area contributed by atoms with Crippen LogP contribution >= 0.6 is 0 Å². The predicted octanol–water partition coefficient (Wildman–Crippen LogP) is 3.94. The van der Waals surface area contributed by atoms with Gasteiger partial charge < -0.3 is 5.32 Å². The number of hydrogen-bond acceptors (Lipinski definition) is 1. The Morgan fingerprint density at radius 1 is 1.24 bits per heavy atom. The lowest BCUT2D eigenvalue weighted by Gasteiger charge is -2.22. The van der Waals surface area contributed by atoms with Gasteiger partial charge in [-0.15, -0.1) is 0 Å². The molecule has 0 unspecified atom stereocenters. The number of benzene rings is 1. The van der Waals surface area contributed by atoms with Gasteiger partial charge in [0.2, 0.25) is 5.91 Å². The van der Waals surface area contributed by atoms with E-state index in [4.69, 9.17) is 0 Å². The van der Waals surface area contributed by atoms with Crippen LogP contribution in [0.5, 0.6) is 0 Å². The average molecular weight is 289 g/mol. The van der Waals surface area contributed by atoms with E-state index in [2.05, 4.69) is 5.32 Å². The first-order valence-electron chi connectivity index (χ1n) is 8.25. The number of carbonyl (C=O) groups is 1. The van der Waals surface area contributed by atoms with Gasteiger partial charge >= 0.3 is 0 Å². The van der Waals surface area contributed by atoms with E-state index in [0.29, 0.717) is 0 Å². The largest absolute Gasteiger partial charge is 0.355 e. The molecule has 0 radical (unpaired) electrons. The molecule has 1 N–H and O–H groups in total. The third-order valence-corrected chi connectivity index (χ3v) is 5.12. The average Bonchev–Trinajstić information content (AvgIpc) is 3.30. The summed E-state index contributed by atoms with van der Waals surface area (Å²) in [5.41, 5.74) is 0.381. The first-order valence-corrected chi connectivity index (χ1v) is 8.25. The van der Waals surface area contributed by atoms with Gasteiger partial charge in [0.15, 0.2) is 0 Å². The highest BCUT2D eigenvalue weighted by atomic mass is 19.1. The molecule has 0 heterocycles. The second-order valence-electron chi connectivity index (χ2n) is 6.64. The van der Waals surface area contributed by atoms with Crippen LogP contribution in [0.15, 0.2) is 24.3 Å². The summed E-state index contributed by atoms with van der Waals surface area (Å²) in [5.74, 6) is 0.612. The van der Waals surface area contributed by atoms with E-state index in [9.17, 15) is 9.18 Å². The van der Waals surface area contributed by atoms with Gasteiger partial charge in [0, 0.05) is 6.54 Å². The summed E-state index contributed by atoms with van der Waals surface area (Å²) < 4.78 is 13.4. The van der Waals surface area contributed by atoms with Crippen LogP contribution in [-0.4, -0.2) is 12.5 Å². The van der Waals surface area contributed by atoms with Crippen molar-refractivity contribution in [3.8, 4) is 0 Å². The maximum absolute atomic E-state index is 13.4. The molecule has 2 nitrogen and oxygen atoms in total. The van der Waals surface area contributed by atoms with E-state index in [-0.39, 0.29) is 11.7 Å². The topological polar surface area (TPSA) is 29.1 Å². The molecule has 2 fully saturated rings. The lowest BCUT2D eigenvalue weighted by Crippen LogP contribution is -2.36. The Hall–Kier alpha value is -1.38. The normalized spacial score (nSPS) is 21.0. The molecule has 0 bridgehead atoms. The van der Waals surface area contributed by atoms with Gasteiger partial charge in [-0.3, -0.25) is 4.79 Å². The summed E-state index contributed by atoms with van der Waals surface area (Å²) in [6, 6.07) is 6.51. The molecule has 114 valence electrons. The van der Waals surface area contributed by atoms with Gasteiger partial charge in [0.05, 0.1) is 5.41 Å². The number of hydrogen-bond donors (Lipinski definition) is 1. The number of nitrogens with one attached hydrogen (secondary N) is 1. The molecule has 3 rings (SSSR count). The monoisotopic (exact) mass is 289 g/mol. The van der Waals surface area contributed by atoms with Crippen LogP contribution in [0.1, 0.15) is 56.9 Å². The Balaban J connectivity index is 1.53. The lowest BCUT2D eigenvalue weighted by molar-refractivity contribution is -0.123. The zero-order valence-electron chi connectivity index (χ0n) is 12.5. The van der Waals surface area contributed by atoms with Gasteiger partial charge in [-0.1, -0.05) is 44.2 Å². The fourth-order valence-electron chi connectivity index (χ4n) is 3.59. The van der Waals surface area contributed by atoms with Crippen molar-refractivity contribution in [2.24, 2.45) is 5.92 Å². The van der Waals surface area contributed by atoms with Crippen molar-refractivity contribution in [3.05, 3.63) is 35.6 Å². The predicted molar refractivity (Wildman–Crippen MR) is 81.5 cm³/mol. The van der Waals surface area contributed by atoms with Crippen LogP contribution in [0.25, 0.3) is 0 Å². The Labute approximate surface area is 126 Å². The SMILES string of the molecule is O=C(NCCC1CCCCC1)C1(c2cccc(F)c2)CC1. The molecule has 1 amide bonds. The summed E-state index contributed by atoms with van der Waals surface area (Å²) in [7, 11) is 0. The van der Waals surface area contributed by atoms with Crippen molar-refractivity contribution in [2.45, 2.75) is 56.8 Å². The molecule has 2 aliphatic carbocycles. The minimum absolute atomic E-state index is 0.0870. The van der Waals surface area contributed by atoms with Crippen LogP contribution < -0.4 is 5.32 Å². The van der Waals surface area contributed by atoms with Gasteiger partial charge in [-0.2, -0.15) is 0 Å². The number of carbonyl (C=O) groups excluding carboxylic acids is 1. The Morgan fingerprint density at radius 3 is 2.67 bits per heavy atom. The molecule has 2 aliphatic rings. The van der Waals surface area contributed by atoms with E-state index in [1.54, 1.807) is 6.07 Å². The van der Waals surface area contributed by atoms with Crippen LogP contribution in [0.3, 0.4) is 0 Å². The minimum Gasteiger partial charge on any atom is -0.355 e. The van der Waals surface area contributed by atoms with Gasteiger partial charge in [0.25, 0.3) is 0 Å². The van der Waals surface area contributed by atoms with Crippen molar-refractivity contribution in [3.63, 3.8) is 0 Å². The van der Waals surface area contributed by atoms with E-state index in [1.807, 2.05) is 6.07 Å². The molecular weight excluding hydrogens is 265 g/mol. The fraction of sp³-hybridized carbons (Fsp3) is 0.611. The van der Waals surface area contributed by atoms with Crippen molar-refractivity contribution in [1.82, 2.24) is 5.32 Å². The van der Waals surface area contributed by atoms with Gasteiger partial charge in [-0.05, 0) is 42.9 Å². The summed E-state index contributed by atoms with van der Waals surface area (Å²) in [4.78, 5) is 12.4. The van der Waals surface area contributed by atoms with Crippen LogP contribution in [0, 0.1) is 11.7 Å². The first kappa shape index (κ1) is 14.6. The van der Waals surface area contributed by atoms with Gasteiger partial charge in [0.1, 0.15) is 5.82 Å². The molecule has 0 atom stereocenters. The number of amides is 1. The second-order valence-corrected chi connectivity index (χ2v) is 6.64. The third-order valence-electron chi connectivity index (χ3n) is 5.12. The van der Waals surface area contributed by atoms with Crippen LogP contribution in [0.4, 0.5) is 4.39 Å². The van der Waals surface area contributed by atoms with Crippen molar-refractivity contribution >= 4 is 5.91 Å². The van der Waals surface area contributed by atoms with E-state index < -0.39 is 5.41 Å². The van der Waals surface area contributed by atoms with Gasteiger partial charge in [-0.25, -0.2) is 4.39 Å². The quantitative estimate of drug-likeness (QED) is 0.874. The third kappa shape index (κ3) is 3.28. The molecule has 21 heavy (non-hydrogen) atoms. The highest BCUT2D eigenvalue weighted by Gasteiger charge is 2.51. The molecule has 3 heteroatoms. The number of rotatable bonds is 5. The molecule has 0 spiro atoms. The molecule has 0 saturated heterocycles. The van der Waals surface area contributed by atoms with Crippen LogP contribution in [-0.2, 0) is 10.2 Å². The molecule has 1 aromatic carbocycles. The first-order chi connectivity index (χ1) is 10.2.